The van der Waals surface area contributed by atoms with Crippen LogP contribution in [-0.2, 0) is 10.8 Å². The fourth-order valence-corrected chi connectivity index (χ4v) is 9.36. The highest BCUT2D eigenvalue weighted by Crippen LogP contribution is 2.50. The van der Waals surface area contributed by atoms with Crippen LogP contribution in [-0.4, -0.2) is 6.71 Å². The van der Waals surface area contributed by atoms with Crippen LogP contribution in [0.2, 0.25) is 0 Å². The molecule has 64 heavy (non-hydrogen) atoms. The van der Waals surface area contributed by atoms with Gasteiger partial charge in [-0.05, 0) is 127 Å². The smallest absolute Gasteiger partial charge is 0.252 e. The summed E-state index contributed by atoms with van der Waals surface area (Å²) in [6.07, 6.45) is 0. The van der Waals surface area contributed by atoms with Crippen molar-refractivity contribution in [2.75, 3.05) is 14.7 Å². The van der Waals surface area contributed by atoms with E-state index in [-0.39, 0.29) is 57.0 Å². The van der Waals surface area contributed by atoms with Gasteiger partial charge in [-0.15, -0.1) is 0 Å². The minimum absolute atomic E-state index is 0.0640. The van der Waals surface area contributed by atoms with Crippen molar-refractivity contribution in [3.63, 3.8) is 0 Å². The van der Waals surface area contributed by atoms with Gasteiger partial charge in [-0.2, -0.15) is 0 Å². The number of hydrogen-bond donors (Lipinski definition) is 0. The van der Waals surface area contributed by atoms with E-state index in [0.29, 0.717) is 16.9 Å². The first-order valence-electron chi connectivity index (χ1n) is 27.2. The number of benzene rings is 9. The predicted molar refractivity (Wildman–Crippen MR) is 275 cm³/mol. The van der Waals surface area contributed by atoms with Crippen LogP contribution in [0, 0.1) is 0 Å². The zero-order chi connectivity index (χ0) is 53.3. The van der Waals surface area contributed by atoms with Gasteiger partial charge < -0.3 is 14.7 Å². The van der Waals surface area contributed by atoms with Crippen molar-refractivity contribution in [1.29, 1.82) is 0 Å². The molecule has 0 aromatic heterocycles. The fraction of sp³-hybridized carbons (Fsp3) is 0.133. The summed E-state index contributed by atoms with van der Waals surface area (Å²) in [7, 11) is 0. The molecule has 4 heteroatoms. The third kappa shape index (κ3) is 6.68. The van der Waals surface area contributed by atoms with E-state index in [1.807, 2.05) is 36.4 Å². The second-order valence-corrected chi connectivity index (χ2v) is 18.6. The largest absolute Gasteiger partial charge is 0.311 e. The van der Waals surface area contributed by atoms with Crippen molar-refractivity contribution in [1.82, 2.24) is 0 Å². The van der Waals surface area contributed by atoms with Gasteiger partial charge in [-0.3, -0.25) is 0 Å². The summed E-state index contributed by atoms with van der Waals surface area (Å²) in [4.78, 5) is 5.85. The average Bonchev–Trinajstić information content (AvgIpc) is 3.41. The second-order valence-electron chi connectivity index (χ2n) is 18.6. The lowest BCUT2D eigenvalue weighted by molar-refractivity contribution is 0.590. The van der Waals surface area contributed by atoms with E-state index in [1.165, 1.54) is 4.90 Å². The van der Waals surface area contributed by atoms with Crippen molar-refractivity contribution in [3.8, 4) is 11.1 Å². The van der Waals surface area contributed by atoms with Crippen molar-refractivity contribution >= 4 is 85.1 Å². The lowest BCUT2D eigenvalue weighted by atomic mass is 9.33. The molecule has 0 saturated carbocycles. The highest BCUT2D eigenvalue weighted by Gasteiger charge is 2.44. The SMILES string of the molecule is [2H]c1c([2H])c([2H])c(N(c2cc3c4c(c2)N(c2ccc(C(C)(C)C)cc2)c2ccccc2B4c2ccccc2N3c2ccc(C(C)(C)C)cc2)c2c(-c3ccccc3)c([2H])c3c([2H])c([2H])c([2H])c([2H])c3c2[2H])c([2H])c1[2H]. The number of nitrogens with zero attached hydrogens (tertiary/aromatic N) is 3. The molecule has 11 rings (SSSR count). The zero-order valence-electron chi connectivity index (χ0n) is 47.7. The molecule has 310 valence electrons. The molecule has 0 saturated heterocycles. The molecule has 0 radical (unpaired) electrons. The highest BCUT2D eigenvalue weighted by molar-refractivity contribution is 7.00. The zero-order valence-corrected chi connectivity index (χ0v) is 36.7. The number of para-hydroxylation sites is 3. The molecule has 0 fully saturated rings. The first-order chi connectivity index (χ1) is 35.6. The van der Waals surface area contributed by atoms with E-state index in [0.717, 1.165) is 50.3 Å². The van der Waals surface area contributed by atoms with Gasteiger partial charge in [0.1, 0.15) is 0 Å². The van der Waals surface area contributed by atoms with Gasteiger partial charge in [0.15, 0.2) is 0 Å². The van der Waals surface area contributed by atoms with Gasteiger partial charge in [0.05, 0.1) is 26.5 Å². The normalized spacial score (nSPS) is 15.5. The first-order valence-corrected chi connectivity index (χ1v) is 21.7. The van der Waals surface area contributed by atoms with E-state index in [4.69, 9.17) is 8.22 Å². The third-order valence-corrected chi connectivity index (χ3v) is 12.5. The Morgan fingerprint density at radius 1 is 0.469 bits per heavy atom. The summed E-state index contributed by atoms with van der Waals surface area (Å²) in [5.74, 6) is 0. The standard InChI is InChI=1S/C60H52BN3/c1-59(2,3)44-29-33-47(34-30-44)63-53-27-17-15-25-51(53)61-52-26-16-18-28-54(52)64(48-35-31-45(32-36-48)60(4,5)6)57-40-49(39-56(63)58(57)61)62(46-23-11-8-12-24-46)55-38-43-22-14-13-21-42(43)37-50(55)41-19-9-7-10-20-41/h7-40H,1-6H3/i8D,11D,12D,13D,14D,21D,22D,23D,24D,37D,38D. The molecular weight excluding hydrogens is 773 g/mol. The maximum atomic E-state index is 10.3. The summed E-state index contributed by atoms with van der Waals surface area (Å²) < 4.78 is 103. The van der Waals surface area contributed by atoms with Crippen molar-refractivity contribution in [2.24, 2.45) is 0 Å². The predicted octanol–water partition coefficient (Wildman–Crippen LogP) is 14.7. The number of hydrogen-bond acceptors (Lipinski definition) is 3. The summed E-state index contributed by atoms with van der Waals surface area (Å²) in [6, 6.07) is 40.2. The molecule has 0 N–H and O–H groups in total. The lowest BCUT2D eigenvalue weighted by Gasteiger charge is -2.45. The summed E-state index contributed by atoms with van der Waals surface area (Å²) in [6.45, 7) is 12.7. The fourth-order valence-electron chi connectivity index (χ4n) is 9.36. The van der Waals surface area contributed by atoms with Gasteiger partial charge in [0.2, 0.25) is 0 Å². The minimum atomic E-state index is -0.624. The Labute approximate surface area is 394 Å². The molecule has 0 bridgehead atoms. The quantitative estimate of drug-likeness (QED) is 0.155. The summed E-state index contributed by atoms with van der Waals surface area (Å²) in [5.41, 5.74) is 10.2. The Morgan fingerprint density at radius 2 is 0.938 bits per heavy atom. The topological polar surface area (TPSA) is 9.72 Å². The van der Waals surface area contributed by atoms with E-state index < -0.39 is 60.4 Å². The molecule has 9 aromatic rings. The molecule has 0 spiro atoms. The highest BCUT2D eigenvalue weighted by atomic mass is 15.2. The minimum Gasteiger partial charge on any atom is -0.311 e. The number of anilines is 9. The second kappa shape index (κ2) is 15.2. The maximum absolute atomic E-state index is 10.3. The van der Waals surface area contributed by atoms with Crippen LogP contribution in [0.5, 0.6) is 0 Å². The van der Waals surface area contributed by atoms with E-state index in [9.17, 15) is 6.85 Å². The van der Waals surface area contributed by atoms with Crippen LogP contribution in [0.25, 0.3) is 21.9 Å². The summed E-state index contributed by atoms with van der Waals surface area (Å²) in [5, 5.41) is -0.428. The van der Waals surface area contributed by atoms with Crippen molar-refractivity contribution in [2.45, 2.75) is 52.4 Å². The molecule has 3 nitrogen and oxygen atoms in total. The van der Waals surface area contributed by atoms with E-state index in [2.05, 4.69) is 124 Å². The molecular formula is C60H52BN3. The first kappa shape index (κ1) is 29.1. The monoisotopic (exact) mass is 836 g/mol. The lowest BCUT2D eigenvalue weighted by Crippen LogP contribution is -2.61. The van der Waals surface area contributed by atoms with Gasteiger partial charge in [0, 0.05) is 45.4 Å². The van der Waals surface area contributed by atoms with Gasteiger partial charge in [0.25, 0.3) is 6.71 Å². The number of fused-ring (bicyclic) bond motifs is 5. The van der Waals surface area contributed by atoms with Crippen LogP contribution in [0.3, 0.4) is 0 Å². The van der Waals surface area contributed by atoms with Gasteiger partial charge in [-0.25, -0.2) is 0 Å². The van der Waals surface area contributed by atoms with Crippen LogP contribution in [0.15, 0.2) is 206 Å². The average molecular weight is 837 g/mol. The Hall–Kier alpha value is -7.30. The molecule has 0 unspecified atom stereocenters. The van der Waals surface area contributed by atoms with Crippen LogP contribution in [0.1, 0.15) is 67.7 Å². The van der Waals surface area contributed by atoms with Crippen LogP contribution >= 0.6 is 0 Å². The van der Waals surface area contributed by atoms with E-state index in [1.54, 1.807) is 30.3 Å². The Kier molecular flexibility index (Phi) is 6.92. The molecule has 0 amide bonds. The molecule has 2 aliphatic rings. The Morgan fingerprint density at radius 3 is 1.45 bits per heavy atom. The van der Waals surface area contributed by atoms with Gasteiger partial charge >= 0.3 is 0 Å². The Bertz CT molecular complexity index is 3680. The van der Waals surface area contributed by atoms with Crippen molar-refractivity contribution < 1.29 is 15.1 Å². The molecule has 0 aliphatic carbocycles. The third-order valence-electron chi connectivity index (χ3n) is 12.5. The molecule has 9 aromatic carbocycles. The maximum Gasteiger partial charge on any atom is 0.252 e. The van der Waals surface area contributed by atoms with Gasteiger partial charge in [-0.1, -0.05) is 175 Å². The van der Waals surface area contributed by atoms with Crippen LogP contribution in [0.4, 0.5) is 51.2 Å². The molecule has 2 heterocycles. The number of rotatable bonds is 6. The van der Waals surface area contributed by atoms with Crippen molar-refractivity contribution in [3.05, 3.63) is 217 Å². The molecule has 0 atom stereocenters. The van der Waals surface area contributed by atoms with E-state index >= 15 is 0 Å². The summed E-state index contributed by atoms with van der Waals surface area (Å²) >= 11 is 0. The Balaban J connectivity index is 1.35. The molecule has 2 aliphatic heterocycles. The van der Waals surface area contributed by atoms with Crippen LogP contribution < -0.4 is 31.1 Å².